The standard InChI is InChI=1S/C14H24N2O2/c1-6-11(10(2)3)16-9-12-14(18-5)13(17-4)7-8-15-12/h7-8,10-11,16H,6,9H2,1-5H3. The molecule has 4 heteroatoms. The predicted octanol–water partition coefficient (Wildman–Crippen LogP) is 2.62. The molecule has 1 aromatic rings. The van der Waals surface area contributed by atoms with Crippen molar-refractivity contribution in [3.05, 3.63) is 18.0 Å². The van der Waals surface area contributed by atoms with E-state index in [-0.39, 0.29) is 0 Å². The molecular weight excluding hydrogens is 228 g/mol. The van der Waals surface area contributed by atoms with Crippen LogP contribution < -0.4 is 14.8 Å². The molecule has 1 aromatic heterocycles. The third kappa shape index (κ3) is 3.60. The van der Waals surface area contributed by atoms with Crippen LogP contribution in [0, 0.1) is 5.92 Å². The van der Waals surface area contributed by atoms with Gasteiger partial charge in [0.25, 0.3) is 0 Å². The summed E-state index contributed by atoms with van der Waals surface area (Å²) in [5, 5.41) is 3.51. The topological polar surface area (TPSA) is 43.4 Å². The van der Waals surface area contributed by atoms with Crippen LogP contribution >= 0.6 is 0 Å². The van der Waals surface area contributed by atoms with Crippen LogP contribution in [0.15, 0.2) is 12.3 Å². The van der Waals surface area contributed by atoms with Crippen molar-refractivity contribution in [1.29, 1.82) is 0 Å². The van der Waals surface area contributed by atoms with E-state index in [4.69, 9.17) is 9.47 Å². The Morgan fingerprint density at radius 2 is 2.00 bits per heavy atom. The van der Waals surface area contributed by atoms with Gasteiger partial charge in [-0.2, -0.15) is 0 Å². The van der Waals surface area contributed by atoms with Crippen molar-refractivity contribution in [2.24, 2.45) is 5.92 Å². The fraction of sp³-hybridized carbons (Fsp3) is 0.643. The second-order valence-corrected chi connectivity index (χ2v) is 4.63. The van der Waals surface area contributed by atoms with E-state index in [1.807, 2.05) is 6.07 Å². The Balaban J connectivity index is 2.78. The Kier molecular flexibility index (Phi) is 5.92. The second kappa shape index (κ2) is 7.21. The van der Waals surface area contributed by atoms with E-state index in [0.717, 1.165) is 17.9 Å². The zero-order valence-electron chi connectivity index (χ0n) is 12.0. The molecule has 4 nitrogen and oxygen atoms in total. The van der Waals surface area contributed by atoms with E-state index < -0.39 is 0 Å². The number of aromatic nitrogens is 1. The Labute approximate surface area is 110 Å². The van der Waals surface area contributed by atoms with Crippen LogP contribution in [0.25, 0.3) is 0 Å². The van der Waals surface area contributed by atoms with Gasteiger partial charge in [-0.05, 0) is 12.3 Å². The van der Waals surface area contributed by atoms with Crippen LogP contribution in [0.4, 0.5) is 0 Å². The molecule has 0 aliphatic carbocycles. The van der Waals surface area contributed by atoms with Crippen molar-refractivity contribution in [1.82, 2.24) is 10.3 Å². The quantitative estimate of drug-likeness (QED) is 0.810. The highest BCUT2D eigenvalue weighted by Gasteiger charge is 2.14. The molecule has 0 aromatic carbocycles. The molecule has 1 rings (SSSR count). The maximum atomic E-state index is 5.37. The van der Waals surface area contributed by atoms with Crippen LogP contribution in [-0.4, -0.2) is 25.2 Å². The molecule has 0 fully saturated rings. The van der Waals surface area contributed by atoms with Gasteiger partial charge in [0.2, 0.25) is 0 Å². The highest BCUT2D eigenvalue weighted by Crippen LogP contribution is 2.28. The molecule has 1 atom stereocenters. The summed E-state index contributed by atoms with van der Waals surface area (Å²) in [4.78, 5) is 4.36. The largest absolute Gasteiger partial charge is 0.493 e. The van der Waals surface area contributed by atoms with E-state index >= 15 is 0 Å². The van der Waals surface area contributed by atoms with Crippen LogP contribution in [0.5, 0.6) is 11.5 Å². The molecular formula is C14H24N2O2. The first kappa shape index (κ1) is 14.8. The smallest absolute Gasteiger partial charge is 0.183 e. The molecule has 0 aliphatic rings. The second-order valence-electron chi connectivity index (χ2n) is 4.63. The number of nitrogens with zero attached hydrogens (tertiary/aromatic N) is 1. The monoisotopic (exact) mass is 252 g/mol. The third-order valence-electron chi connectivity index (χ3n) is 3.14. The van der Waals surface area contributed by atoms with Gasteiger partial charge in [-0.15, -0.1) is 0 Å². The van der Waals surface area contributed by atoms with E-state index in [9.17, 15) is 0 Å². The van der Waals surface area contributed by atoms with Gasteiger partial charge in [-0.25, -0.2) is 0 Å². The number of nitrogens with one attached hydrogen (secondary N) is 1. The average molecular weight is 252 g/mol. The summed E-state index contributed by atoms with van der Waals surface area (Å²) in [7, 11) is 3.28. The SMILES string of the molecule is CCC(NCc1nccc(OC)c1OC)C(C)C. The van der Waals surface area contributed by atoms with Gasteiger partial charge in [0.05, 0.1) is 19.9 Å². The summed E-state index contributed by atoms with van der Waals surface area (Å²) in [6.45, 7) is 7.32. The molecule has 1 heterocycles. The van der Waals surface area contributed by atoms with Gasteiger partial charge in [-0.3, -0.25) is 4.98 Å². The minimum absolute atomic E-state index is 0.489. The predicted molar refractivity (Wildman–Crippen MR) is 73.1 cm³/mol. The lowest BCUT2D eigenvalue weighted by Crippen LogP contribution is -2.33. The summed E-state index contributed by atoms with van der Waals surface area (Å²) in [6.07, 6.45) is 2.85. The number of hydrogen-bond donors (Lipinski definition) is 1. The van der Waals surface area contributed by atoms with Crippen molar-refractivity contribution >= 4 is 0 Å². The number of pyridine rings is 1. The fourth-order valence-corrected chi connectivity index (χ4v) is 2.06. The third-order valence-corrected chi connectivity index (χ3v) is 3.14. The van der Waals surface area contributed by atoms with E-state index in [2.05, 4.69) is 31.1 Å². The Morgan fingerprint density at radius 1 is 1.28 bits per heavy atom. The van der Waals surface area contributed by atoms with Crippen LogP contribution in [0.1, 0.15) is 32.9 Å². The lowest BCUT2D eigenvalue weighted by atomic mass is 10.0. The molecule has 0 saturated heterocycles. The summed E-state index contributed by atoms with van der Waals surface area (Å²) >= 11 is 0. The van der Waals surface area contributed by atoms with E-state index in [0.29, 0.717) is 24.3 Å². The number of ether oxygens (including phenoxy) is 2. The van der Waals surface area contributed by atoms with Gasteiger partial charge in [-0.1, -0.05) is 20.8 Å². The molecule has 0 saturated carbocycles. The van der Waals surface area contributed by atoms with Gasteiger partial charge < -0.3 is 14.8 Å². The number of rotatable bonds is 7. The highest BCUT2D eigenvalue weighted by atomic mass is 16.5. The Hall–Kier alpha value is -1.29. The van der Waals surface area contributed by atoms with E-state index in [1.54, 1.807) is 20.4 Å². The molecule has 0 aliphatic heterocycles. The van der Waals surface area contributed by atoms with Crippen molar-refractivity contribution in [2.75, 3.05) is 14.2 Å². The van der Waals surface area contributed by atoms with Gasteiger partial charge in [0.15, 0.2) is 11.5 Å². The lowest BCUT2D eigenvalue weighted by Gasteiger charge is -2.21. The zero-order chi connectivity index (χ0) is 13.5. The van der Waals surface area contributed by atoms with Crippen LogP contribution in [-0.2, 0) is 6.54 Å². The van der Waals surface area contributed by atoms with Gasteiger partial charge >= 0.3 is 0 Å². The molecule has 1 N–H and O–H groups in total. The first-order chi connectivity index (χ1) is 8.63. The minimum Gasteiger partial charge on any atom is -0.493 e. The summed E-state index contributed by atoms with van der Waals surface area (Å²) in [6, 6.07) is 2.30. The first-order valence-electron chi connectivity index (χ1n) is 6.43. The summed E-state index contributed by atoms with van der Waals surface area (Å²) < 4.78 is 10.6. The molecule has 0 radical (unpaired) electrons. The molecule has 0 spiro atoms. The minimum atomic E-state index is 0.489. The fourth-order valence-electron chi connectivity index (χ4n) is 2.06. The van der Waals surface area contributed by atoms with Crippen LogP contribution in [0.3, 0.4) is 0 Å². The molecule has 0 amide bonds. The van der Waals surface area contributed by atoms with Gasteiger partial charge in [0.1, 0.15) is 0 Å². The maximum absolute atomic E-state index is 5.37. The normalized spacial score (nSPS) is 12.6. The Bertz CT molecular complexity index is 367. The van der Waals surface area contributed by atoms with E-state index in [1.165, 1.54) is 0 Å². The highest BCUT2D eigenvalue weighted by molar-refractivity contribution is 5.42. The Morgan fingerprint density at radius 3 is 2.50 bits per heavy atom. The summed E-state index contributed by atoms with van der Waals surface area (Å²) in [5.41, 5.74) is 0.885. The van der Waals surface area contributed by atoms with Gasteiger partial charge in [0, 0.05) is 24.8 Å². The lowest BCUT2D eigenvalue weighted by molar-refractivity contribution is 0.341. The zero-order valence-corrected chi connectivity index (χ0v) is 12.0. The number of methoxy groups -OCH3 is 2. The molecule has 1 unspecified atom stereocenters. The van der Waals surface area contributed by atoms with Crippen molar-refractivity contribution in [3.8, 4) is 11.5 Å². The maximum Gasteiger partial charge on any atom is 0.183 e. The summed E-state index contributed by atoms with van der Waals surface area (Å²) in [5.74, 6) is 2.04. The van der Waals surface area contributed by atoms with Crippen molar-refractivity contribution in [2.45, 2.75) is 39.8 Å². The molecule has 18 heavy (non-hydrogen) atoms. The molecule has 0 bridgehead atoms. The average Bonchev–Trinajstić information content (AvgIpc) is 2.38. The van der Waals surface area contributed by atoms with Crippen LogP contribution in [0.2, 0.25) is 0 Å². The van der Waals surface area contributed by atoms with Crippen molar-refractivity contribution < 1.29 is 9.47 Å². The number of hydrogen-bond acceptors (Lipinski definition) is 4. The first-order valence-corrected chi connectivity index (χ1v) is 6.43. The van der Waals surface area contributed by atoms with Crippen molar-refractivity contribution in [3.63, 3.8) is 0 Å². The molecule has 102 valence electrons.